The molecule has 2 amide bonds. The van der Waals surface area contributed by atoms with E-state index in [1.54, 1.807) is 14.1 Å². The quantitative estimate of drug-likeness (QED) is 0.383. The Labute approximate surface area is 156 Å². The number of piperazine rings is 1. The van der Waals surface area contributed by atoms with Gasteiger partial charge in [-0.3, -0.25) is 14.6 Å². The lowest BCUT2D eigenvalue weighted by molar-refractivity contribution is -0.145. The Bertz CT molecular complexity index is 451. The molecule has 1 aliphatic heterocycles. The maximum absolute atomic E-state index is 12.4. The van der Waals surface area contributed by atoms with E-state index in [0.717, 1.165) is 0 Å². The van der Waals surface area contributed by atoms with Crippen molar-refractivity contribution in [1.29, 1.82) is 0 Å². The first-order valence-electron chi connectivity index (χ1n) is 7.71. The second kappa shape index (κ2) is 9.29. The smallest absolute Gasteiger partial charge is 0.242 e. The van der Waals surface area contributed by atoms with Crippen LogP contribution in [0.15, 0.2) is 4.99 Å². The van der Waals surface area contributed by atoms with E-state index in [1.807, 2.05) is 23.6 Å². The van der Waals surface area contributed by atoms with Gasteiger partial charge in [0.05, 0.1) is 12.1 Å². The predicted octanol–water partition coefficient (Wildman–Crippen LogP) is 0.647. The van der Waals surface area contributed by atoms with Gasteiger partial charge in [0.25, 0.3) is 0 Å². The standard InChI is InChI=1S/C15H29N5O2.HI/c1-11(2)20-13(22)9-19(10-15(20,3)4)14(17-6)18-8-7-12(21)16-5;/h11H,7-10H2,1-6H3,(H,16,21)(H,17,18);1H. The molecule has 1 fully saturated rings. The largest absolute Gasteiger partial charge is 0.359 e. The molecular weight excluding hydrogens is 409 g/mol. The molecule has 0 aromatic rings. The first-order valence-corrected chi connectivity index (χ1v) is 7.71. The number of nitrogens with one attached hydrogen (secondary N) is 2. The second-order valence-electron chi connectivity index (χ2n) is 6.42. The normalized spacial score (nSPS) is 17.9. The number of amides is 2. The summed E-state index contributed by atoms with van der Waals surface area (Å²) in [5.41, 5.74) is -0.262. The van der Waals surface area contributed by atoms with E-state index >= 15 is 0 Å². The van der Waals surface area contributed by atoms with Crippen molar-refractivity contribution in [3.8, 4) is 0 Å². The van der Waals surface area contributed by atoms with Gasteiger partial charge in [-0.25, -0.2) is 0 Å². The lowest BCUT2D eigenvalue weighted by atomic mass is 9.96. The summed E-state index contributed by atoms with van der Waals surface area (Å²) in [5, 5.41) is 5.73. The van der Waals surface area contributed by atoms with Crippen LogP contribution in [-0.4, -0.2) is 72.9 Å². The molecule has 0 aromatic heterocycles. The Hall–Kier alpha value is -1.06. The number of carbonyl (C=O) groups is 2. The maximum Gasteiger partial charge on any atom is 0.242 e. The molecule has 2 N–H and O–H groups in total. The number of rotatable bonds is 4. The second-order valence-corrected chi connectivity index (χ2v) is 6.42. The summed E-state index contributed by atoms with van der Waals surface area (Å²) in [6.45, 7) is 9.70. The molecule has 0 radical (unpaired) electrons. The van der Waals surface area contributed by atoms with Crippen molar-refractivity contribution in [3.63, 3.8) is 0 Å². The highest BCUT2D eigenvalue weighted by molar-refractivity contribution is 14.0. The molecule has 0 saturated carbocycles. The van der Waals surface area contributed by atoms with E-state index in [-0.39, 0.29) is 47.4 Å². The fourth-order valence-corrected chi connectivity index (χ4v) is 3.06. The number of nitrogens with zero attached hydrogens (tertiary/aromatic N) is 3. The summed E-state index contributed by atoms with van der Waals surface area (Å²) in [6, 6.07) is 0.174. The molecule has 1 saturated heterocycles. The summed E-state index contributed by atoms with van der Waals surface area (Å²) < 4.78 is 0. The lowest BCUT2D eigenvalue weighted by Gasteiger charge is -2.49. The van der Waals surface area contributed by atoms with Crippen LogP contribution in [-0.2, 0) is 9.59 Å². The van der Waals surface area contributed by atoms with Gasteiger partial charge in [-0.1, -0.05) is 0 Å². The van der Waals surface area contributed by atoms with Crippen LogP contribution in [0.2, 0.25) is 0 Å². The number of hydrogen-bond donors (Lipinski definition) is 2. The molecule has 0 unspecified atom stereocenters. The van der Waals surface area contributed by atoms with Crippen molar-refractivity contribution >= 4 is 41.8 Å². The van der Waals surface area contributed by atoms with Gasteiger partial charge in [0.2, 0.25) is 11.8 Å². The van der Waals surface area contributed by atoms with Gasteiger partial charge in [0.1, 0.15) is 0 Å². The Morgan fingerprint density at radius 3 is 2.43 bits per heavy atom. The van der Waals surface area contributed by atoms with E-state index in [2.05, 4.69) is 29.5 Å². The van der Waals surface area contributed by atoms with Crippen molar-refractivity contribution in [2.45, 2.75) is 45.7 Å². The van der Waals surface area contributed by atoms with Gasteiger partial charge in [0, 0.05) is 39.6 Å². The molecule has 0 bridgehead atoms. The first kappa shape index (κ1) is 21.9. The highest BCUT2D eigenvalue weighted by Gasteiger charge is 2.40. The van der Waals surface area contributed by atoms with Crippen LogP contribution in [0.1, 0.15) is 34.1 Å². The maximum atomic E-state index is 12.4. The van der Waals surface area contributed by atoms with Crippen LogP contribution in [0.25, 0.3) is 0 Å². The van der Waals surface area contributed by atoms with Gasteiger partial charge in [0.15, 0.2) is 5.96 Å². The lowest BCUT2D eigenvalue weighted by Crippen LogP contribution is -2.66. The van der Waals surface area contributed by atoms with Crippen LogP contribution >= 0.6 is 24.0 Å². The van der Waals surface area contributed by atoms with E-state index in [4.69, 9.17) is 0 Å². The molecule has 0 aliphatic carbocycles. The van der Waals surface area contributed by atoms with Crippen LogP contribution in [0.4, 0.5) is 0 Å². The molecule has 1 aliphatic rings. The summed E-state index contributed by atoms with van der Waals surface area (Å²) >= 11 is 0. The minimum absolute atomic E-state index is 0. The molecule has 134 valence electrons. The molecular formula is C15H30IN5O2. The highest BCUT2D eigenvalue weighted by atomic mass is 127. The minimum Gasteiger partial charge on any atom is -0.359 e. The van der Waals surface area contributed by atoms with Crippen LogP contribution in [0, 0.1) is 0 Å². The molecule has 0 atom stereocenters. The van der Waals surface area contributed by atoms with Gasteiger partial charge in [-0.15, -0.1) is 24.0 Å². The van der Waals surface area contributed by atoms with Gasteiger partial charge < -0.3 is 20.4 Å². The Balaban J connectivity index is 0.00000484. The van der Waals surface area contributed by atoms with Crippen molar-refractivity contribution in [2.75, 3.05) is 33.7 Å². The third-order valence-corrected chi connectivity index (χ3v) is 3.77. The van der Waals surface area contributed by atoms with Crippen molar-refractivity contribution in [3.05, 3.63) is 0 Å². The topological polar surface area (TPSA) is 77.0 Å². The zero-order valence-corrected chi connectivity index (χ0v) is 17.3. The molecule has 1 rings (SSSR count). The van der Waals surface area contributed by atoms with Crippen molar-refractivity contribution in [2.24, 2.45) is 4.99 Å². The molecule has 8 heteroatoms. The molecule has 23 heavy (non-hydrogen) atoms. The van der Waals surface area contributed by atoms with Crippen LogP contribution in [0.3, 0.4) is 0 Å². The number of carbonyl (C=O) groups excluding carboxylic acids is 2. The Morgan fingerprint density at radius 1 is 1.39 bits per heavy atom. The fraction of sp³-hybridized carbons (Fsp3) is 0.800. The Morgan fingerprint density at radius 2 is 2.00 bits per heavy atom. The van der Waals surface area contributed by atoms with E-state index in [0.29, 0.717) is 32.0 Å². The SMILES string of the molecule is CN=C(NCCC(=O)NC)N1CC(=O)N(C(C)C)C(C)(C)C1.I. The first-order chi connectivity index (χ1) is 10.2. The number of guanidine groups is 1. The van der Waals surface area contributed by atoms with E-state index < -0.39 is 0 Å². The average molecular weight is 439 g/mol. The third-order valence-electron chi connectivity index (χ3n) is 3.77. The summed E-state index contributed by atoms with van der Waals surface area (Å²) in [4.78, 5) is 31.8. The summed E-state index contributed by atoms with van der Waals surface area (Å²) in [6.07, 6.45) is 0.374. The zero-order chi connectivity index (χ0) is 16.9. The zero-order valence-electron chi connectivity index (χ0n) is 15.0. The number of aliphatic imine (C=N–C) groups is 1. The molecule has 0 spiro atoms. The third kappa shape index (κ3) is 5.82. The van der Waals surface area contributed by atoms with Crippen LogP contribution < -0.4 is 10.6 Å². The monoisotopic (exact) mass is 439 g/mol. The van der Waals surface area contributed by atoms with E-state index in [1.165, 1.54) is 0 Å². The molecule has 0 aromatic carbocycles. The van der Waals surface area contributed by atoms with E-state index in [9.17, 15) is 9.59 Å². The summed E-state index contributed by atoms with van der Waals surface area (Å²) in [5.74, 6) is 0.734. The molecule has 1 heterocycles. The van der Waals surface area contributed by atoms with Gasteiger partial charge in [-0.2, -0.15) is 0 Å². The fourth-order valence-electron chi connectivity index (χ4n) is 3.06. The number of halogens is 1. The molecule has 7 nitrogen and oxygen atoms in total. The van der Waals surface area contributed by atoms with Crippen molar-refractivity contribution < 1.29 is 9.59 Å². The highest BCUT2D eigenvalue weighted by Crippen LogP contribution is 2.24. The Kier molecular flexibility index (Phi) is 8.86. The summed E-state index contributed by atoms with van der Waals surface area (Å²) in [7, 11) is 3.30. The van der Waals surface area contributed by atoms with Crippen molar-refractivity contribution in [1.82, 2.24) is 20.4 Å². The minimum atomic E-state index is -0.262. The van der Waals surface area contributed by atoms with Gasteiger partial charge >= 0.3 is 0 Å². The number of hydrogen-bond acceptors (Lipinski definition) is 3. The predicted molar refractivity (Wildman–Crippen MR) is 103 cm³/mol. The van der Waals surface area contributed by atoms with Crippen LogP contribution in [0.5, 0.6) is 0 Å². The average Bonchev–Trinajstić information content (AvgIpc) is 2.40. The van der Waals surface area contributed by atoms with Gasteiger partial charge in [-0.05, 0) is 27.7 Å².